The van der Waals surface area contributed by atoms with E-state index in [0.29, 0.717) is 0 Å². The molecule has 1 N–H and O–H groups in total. The molecule has 0 aliphatic carbocycles. The summed E-state index contributed by atoms with van der Waals surface area (Å²) >= 11 is 11.0. The zero-order valence-electron chi connectivity index (χ0n) is 7.11. The lowest BCUT2D eigenvalue weighted by Crippen LogP contribution is -2.23. The smallest absolute Gasteiger partial charge is 0.277 e. The molecule has 0 radical (unpaired) electrons. The van der Waals surface area contributed by atoms with E-state index in [0.717, 1.165) is 0 Å². The first-order valence-corrected chi connectivity index (χ1v) is 4.30. The number of hydrogen-bond donors (Lipinski definition) is 1. The Morgan fingerprint density at radius 2 is 2.14 bits per heavy atom. The molecule has 0 aliphatic rings. The van der Waals surface area contributed by atoms with Crippen molar-refractivity contribution in [3.63, 3.8) is 0 Å². The van der Waals surface area contributed by atoms with Crippen LogP contribution in [0.15, 0.2) is 12.1 Å². The van der Waals surface area contributed by atoms with E-state index in [1.165, 1.54) is 19.2 Å². The maximum atomic E-state index is 13.3. The lowest BCUT2D eigenvalue weighted by atomic mass is 10.2. The van der Waals surface area contributed by atoms with E-state index in [1.54, 1.807) is 0 Å². The maximum Gasteiger partial charge on any atom is 0.277 e. The van der Waals surface area contributed by atoms with Crippen LogP contribution in [-0.2, 0) is 4.84 Å². The largest absolute Gasteiger partial charge is 0.277 e. The quantitative estimate of drug-likeness (QED) is 0.634. The van der Waals surface area contributed by atoms with Crippen molar-refractivity contribution in [2.75, 3.05) is 7.11 Å². The number of carbonyl (C=O) groups is 1. The molecule has 0 bridgehead atoms. The molecular weight excluding hydrogens is 232 g/mol. The summed E-state index contributed by atoms with van der Waals surface area (Å²) < 4.78 is 13.3. The van der Waals surface area contributed by atoms with Crippen molar-refractivity contribution in [2.45, 2.75) is 0 Å². The van der Waals surface area contributed by atoms with Gasteiger partial charge < -0.3 is 0 Å². The molecule has 0 saturated heterocycles. The molecule has 0 atom stereocenters. The van der Waals surface area contributed by atoms with Gasteiger partial charge in [0.2, 0.25) is 0 Å². The van der Waals surface area contributed by atoms with Gasteiger partial charge in [-0.1, -0.05) is 23.2 Å². The van der Waals surface area contributed by atoms with Crippen LogP contribution in [0.1, 0.15) is 10.4 Å². The number of nitrogens with one attached hydrogen (secondary N) is 1. The monoisotopic (exact) mass is 237 g/mol. The third-order valence-electron chi connectivity index (χ3n) is 1.47. The van der Waals surface area contributed by atoms with Crippen molar-refractivity contribution in [3.8, 4) is 0 Å². The molecule has 6 heteroatoms. The first kappa shape index (κ1) is 11.2. The zero-order chi connectivity index (χ0) is 10.7. The molecule has 0 spiro atoms. The summed E-state index contributed by atoms with van der Waals surface area (Å²) in [4.78, 5) is 15.5. The molecule has 1 aromatic carbocycles. The predicted octanol–water partition coefficient (Wildman–Crippen LogP) is 2.42. The molecule has 0 unspecified atom stereocenters. The highest BCUT2D eigenvalue weighted by Crippen LogP contribution is 2.26. The standard InChI is InChI=1S/C8H6Cl2FNO2/c1-14-12-8(13)4-2-3-5(9)6(10)7(4)11/h2-3H,1H3,(H,12,13). The third-order valence-corrected chi connectivity index (χ3v) is 2.26. The van der Waals surface area contributed by atoms with Gasteiger partial charge in [0.05, 0.1) is 22.7 Å². The molecule has 0 heterocycles. The van der Waals surface area contributed by atoms with Crippen LogP contribution in [0.25, 0.3) is 0 Å². The maximum absolute atomic E-state index is 13.3. The summed E-state index contributed by atoms with van der Waals surface area (Å²) in [5.74, 6) is -1.59. The summed E-state index contributed by atoms with van der Waals surface area (Å²) in [6.07, 6.45) is 0. The molecule has 0 fully saturated rings. The topological polar surface area (TPSA) is 38.3 Å². The second-order valence-electron chi connectivity index (χ2n) is 2.36. The van der Waals surface area contributed by atoms with Gasteiger partial charge in [0.15, 0.2) is 5.82 Å². The summed E-state index contributed by atoms with van der Waals surface area (Å²) in [5, 5.41) is -0.228. The van der Waals surface area contributed by atoms with Gasteiger partial charge in [0, 0.05) is 0 Å². The SMILES string of the molecule is CONC(=O)c1ccc(Cl)c(Cl)c1F. The van der Waals surface area contributed by atoms with Crippen LogP contribution in [0.3, 0.4) is 0 Å². The molecule has 14 heavy (non-hydrogen) atoms. The first-order valence-electron chi connectivity index (χ1n) is 3.54. The number of carbonyl (C=O) groups excluding carboxylic acids is 1. The van der Waals surface area contributed by atoms with Gasteiger partial charge in [-0.25, -0.2) is 9.87 Å². The highest BCUT2D eigenvalue weighted by Gasteiger charge is 2.16. The van der Waals surface area contributed by atoms with Crippen LogP contribution in [0.2, 0.25) is 10.0 Å². The molecule has 0 aliphatic heterocycles. The van der Waals surface area contributed by atoms with Gasteiger partial charge in [-0.15, -0.1) is 0 Å². The lowest BCUT2D eigenvalue weighted by Gasteiger charge is -2.05. The minimum Gasteiger partial charge on any atom is -0.277 e. The van der Waals surface area contributed by atoms with Gasteiger partial charge in [-0.05, 0) is 12.1 Å². The van der Waals surface area contributed by atoms with E-state index < -0.39 is 11.7 Å². The summed E-state index contributed by atoms with van der Waals surface area (Å²) in [6.45, 7) is 0. The predicted molar refractivity (Wildman–Crippen MR) is 50.9 cm³/mol. The van der Waals surface area contributed by atoms with Crippen molar-refractivity contribution < 1.29 is 14.0 Å². The number of amides is 1. The Bertz CT molecular complexity index is 371. The van der Waals surface area contributed by atoms with Crippen molar-refractivity contribution in [1.82, 2.24) is 5.48 Å². The Kier molecular flexibility index (Phi) is 3.69. The summed E-state index contributed by atoms with van der Waals surface area (Å²) in [5.41, 5.74) is 1.75. The molecule has 0 aromatic heterocycles. The highest BCUT2D eigenvalue weighted by atomic mass is 35.5. The van der Waals surface area contributed by atoms with Crippen LogP contribution in [-0.4, -0.2) is 13.0 Å². The van der Waals surface area contributed by atoms with Crippen molar-refractivity contribution >= 4 is 29.1 Å². The summed E-state index contributed by atoms with van der Waals surface area (Å²) in [7, 11) is 1.24. The van der Waals surface area contributed by atoms with Gasteiger partial charge in [0.25, 0.3) is 5.91 Å². The van der Waals surface area contributed by atoms with E-state index in [2.05, 4.69) is 4.84 Å². The number of halogens is 3. The van der Waals surface area contributed by atoms with E-state index >= 15 is 0 Å². The molecule has 1 rings (SSSR count). The molecule has 76 valence electrons. The van der Waals surface area contributed by atoms with Crippen LogP contribution in [0.5, 0.6) is 0 Å². The normalized spacial score (nSPS) is 10.0. The lowest BCUT2D eigenvalue weighted by molar-refractivity contribution is 0.0533. The van der Waals surface area contributed by atoms with Crippen molar-refractivity contribution in [3.05, 3.63) is 33.6 Å². The van der Waals surface area contributed by atoms with Gasteiger partial charge >= 0.3 is 0 Å². The van der Waals surface area contributed by atoms with Crippen LogP contribution < -0.4 is 5.48 Å². The van der Waals surface area contributed by atoms with Crippen LogP contribution in [0, 0.1) is 5.82 Å². The minimum atomic E-state index is -0.867. The number of hydroxylamine groups is 1. The fourth-order valence-corrected chi connectivity index (χ4v) is 1.16. The first-order chi connectivity index (χ1) is 6.57. The van der Waals surface area contributed by atoms with E-state index in [-0.39, 0.29) is 15.6 Å². The van der Waals surface area contributed by atoms with Gasteiger partial charge in [-0.2, -0.15) is 0 Å². The van der Waals surface area contributed by atoms with Crippen molar-refractivity contribution in [1.29, 1.82) is 0 Å². The zero-order valence-corrected chi connectivity index (χ0v) is 8.62. The Labute approximate surface area is 89.7 Å². The number of rotatable bonds is 2. The average molecular weight is 238 g/mol. The molecule has 0 saturated carbocycles. The molecule has 1 amide bonds. The third kappa shape index (κ3) is 2.15. The Hall–Kier alpha value is -0.840. The Morgan fingerprint density at radius 1 is 1.50 bits per heavy atom. The number of hydrogen-bond acceptors (Lipinski definition) is 2. The second-order valence-corrected chi connectivity index (χ2v) is 3.14. The Balaban J connectivity index is 3.11. The summed E-state index contributed by atoms with van der Waals surface area (Å²) in [6, 6.07) is 2.55. The number of benzene rings is 1. The van der Waals surface area contributed by atoms with E-state index in [1.807, 2.05) is 5.48 Å². The van der Waals surface area contributed by atoms with Crippen molar-refractivity contribution in [2.24, 2.45) is 0 Å². The van der Waals surface area contributed by atoms with E-state index in [9.17, 15) is 9.18 Å². The fraction of sp³-hybridized carbons (Fsp3) is 0.125. The van der Waals surface area contributed by atoms with E-state index in [4.69, 9.17) is 23.2 Å². The van der Waals surface area contributed by atoms with Gasteiger partial charge in [-0.3, -0.25) is 9.63 Å². The van der Waals surface area contributed by atoms with Crippen LogP contribution in [0.4, 0.5) is 4.39 Å². The molecule has 1 aromatic rings. The Morgan fingerprint density at radius 3 is 2.71 bits per heavy atom. The van der Waals surface area contributed by atoms with Gasteiger partial charge in [0.1, 0.15) is 0 Å². The molecule has 3 nitrogen and oxygen atoms in total. The highest BCUT2D eigenvalue weighted by molar-refractivity contribution is 6.42. The minimum absolute atomic E-state index is 0.0538. The van der Waals surface area contributed by atoms with Crippen LogP contribution >= 0.6 is 23.2 Å². The molecular formula is C8H6Cl2FNO2. The second kappa shape index (κ2) is 4.59. The average Bonchev–Trinajstić information content (AvgIpc) is 2.15. The fourth-order valence-electron chi connectivity index (χ4n) is 0.849.